The SMILES string of the molecule is Cc1nn(-c2ccc(-c3noc(C4CC4)n3)cc2)cc1C(=O)Nc1ccc2c(c1)OCCO2. The van der Waals surface area contributed by atoms with E-state index < -0.39 is 0 Å². The number of carbonyl (C=O) groups is 1. The second kappa shape index (κ2) is 7.77. The maximum absolute atomic E-state index is 12.9. The van der Waals surface area contributed by atoms with Crippen molar-refractivity contribution in [2.24, 2.45) is 0 Å². The largest absolute Gasteiger partial charge is 0.486 e. The summed E-state index contributed by atoms with van der Waals surface area (Å²) in [4.78, 5) is 17.4. The predicted octanol–water partition coefficient (Wildman–Crippen LogP) is 4.13. The molecule has 0 spiro atoms. The molecule has 0 bridgehead atoms. The van der Waals surface area contributed by atoms with Gasteiger partial charge in [-0.05, 0) is 56.2 Å². The van der Waals surface area contributed by atoms with Crippen molar-refractivity contribution in [3.05, 3.63) is 65.8 Å². The van der Waals surface area contributed by atoms with Crippen LogP contribution in [0.5, 0.6) is 11.5 Å². The Morgan fingerprint density at radius 3 is 2.64 bits per heavy atom. The van der Waals surface area contributed by atoms with Gasteiger partial charge in [-0.2, -0.15) is 10.1 Å². The van der Waals surface area contributed by atoms with Crippen molar-refractivity contribution in [2.75, 3.05) is 18.5 Å². The van der Waals surface area contributed by atoms with Gasteiger partial charge in [0, 0.05) is 29.4 Å². The molecule has 0 unspecified atom stereocenters. The van der Waals surface area contributed by atoms with Crippen LogP contribution in [0.2, 0.25) is 0 Å². The second-order valence-corrected chi connectivity index (χ2v) is 8.16. The summed E-state index contributed by atoms with van der Waals surface area (Å²) in [6, 6.07) is 13.0. The molecule has 6 rings (SSSR count). The van der Waals surface area contributed by atoms with Crippen LogP contribution in [0.3, 0.4) is 0 Å². The molecular formula is C24H21N5O4. The lowest BCUT2D eigenvalue weighted by atomic mass is 10.2. The summed E-state index contributed by atoms with van der Waals surface area (Å²) < 4.78 is 18.1. The number of nitrogens with one attached hydrogen (secondary N) is 1. The third-order valence-electron chi connectivity index (χ3n) is 5.70. The van der Waals surface area contributed by atoms with Gasteiger partial charge in [-0.1, -0.05) is 5.16 Å². The van der Waals surface area contributed by atoms with E-state index in [1.807, 2.05) is 31.2 Å². The van der Waals surface area contributed by atoms with Gasteiger partial charge >= 0.3 is 0 Å². The highest BCUT2D eigenvalue weighted by molar-refractivity contribution is 6.05. The van der Waals surface area contributed by atoms with Crippen LogP contribution in [0.1, 0.15) is 40.7 Å². The van der Waals surface area contributed by atoms with Gasteiger partial charge in [-0.15, -0.1) is 0 Å². The first-order valence-electron chi connectivity index (χ1n) is 10.9. The number of fused-ring (bicyclic) bond motifs is 1. The minimum absolute atomic E-state index is 0.244. The number of aryl methyl sites for hydroxylation is 1. The minimum Gasteiger partial charge on any atom is -0.486 e. The standard InChI is InChI=1S/C24H21N5O4/c1-14-19(23(30)25-17-6-9-20-21(12-17)32-11-10-31-20)13-29(27-14)18-7-4-15(5-8-18)22-26-24(33-28-22)16-2-3-16/h4-9,12-13,16H,2-3,10-11H2,1H3,(H,25,30). The lowest BCUT2D eigenvalue weighted by Gasteiger charge is -2.18. The molecule has 1 aliphatic heterocycles. The van der Waals surface area contributed by atoms with Crippen molar-refractivity contribution in [3.8, 4) is 28.6 Å². The van der Waals surface area contributed by atoms with Gasteiger partial charge in [-0.25, -0.2) is 4.68 Å². The Morgan fingerprint density at radius 2 is 1.85 bits per heavy atom. The fourth-order valence-electron chi connectivity index (χ4n) is 3.75. The minimum atomic E-state index is -0.244. The Balaban J connectivity index is 1.19. The van der Waals surface area contributed by atoms with Crippen molar-refractivity contribution in [3.63, 3.8) is 0 Å². The van der Waals surface area contributed by atoms with E-state index in [0.29, 0.717) is 59.3 Å². The molecule has 4 aromatic rings. The third kappa shape index (κ3) is 3.82. The normalized spacial score (nSPS) is 14.8. The van der Waals surface area contributed by atoms with Crippen LogP contribution >= 0.6 is 0 Å². The quantitative estimate of drug-likeness (QED) is 0.494. The predicted molar refractivity (Wildman–Crippen MR) is 119 cm³/mol. The van der Waals surface area contributed by atoms with Gasteiger partial charge in [0.15, 0.2) is 11.5 Å². The topological polar surface area (TPSA) is 104 Å². The molecule has 0 atom stereocenters. The molecule has 1 aliphatic carbocycles. The number of amides is 1. The summed E-state index contributed by atoms with van der Waals surface area (Å²) in [6.45, 7) is 2.82. The van der Waals surface area contributed by atoms with Crippen molar-refractivity contribution in [2.45, 2.75) is 25.7 Å². The van der Waals surface area contributed by atoms with E-state index in [-0.39, 0.29) is 5.91 Å². The maximum atomic E-state index is 12.9. The molecule has 1 saturated carbocycles. The van der Waals surface area contributed by atoms with Crippen LogP contribution in [0.15, 0.2) is 53.2 Å². The van der Waals surface area contributed by atoms with Gasteiger partial charge < -0.3 is 19.3 Å². The summed E-state index contributed by atoms with van der Waals surface area (Å²) in [6.07, 6.45) is 3.95. The number of aromatic nitrogens is 4. The number of benzene rings is 2. The number of hydrogen-bond acceptors (Lipinski definition) is 7. The highest BCUT2D eigenvalue weighted by Crippen LogP contribution is 2.39. The summed E-state index contributed by atoms with van der Waals surface area (Å²) in [5, 5.41) is 11.5. The van der Waals surface area contributed by atoms with E-state index in [4.69, 9.17) is 14.0 Å². The van der Waals surface area contributed by atoms with Crippen molar-refractivity contribution in [1.29, 1.82) is 0 Å². The number of carbonyl (C=O) groups excluding carboxylic acids is 1. The molecule has 1 N–H and O–H groups in total. The lowest BCUT2D eigenvalue weighted by molar-refractivity contribution is 0.102. The van der Waals surface area contributed by atoms with Crippen LogP contribution in [-0.2, 0) is 0 Å². The lowest BCUT2D eigenvalue weighted by Crippen LogP contribution is -2.16. The molecule has 9 nitrogen and oxygen atoms in total. The van der Waals surface area contributed by atoms with Crippen LogP contribution < -0.4 is 14.8 Å². The Bertz CT molecular complexity index is 1340. The smallest absolute Gasteiger partial charge is 0.259 e. The molecule has 9 heteroatoms. The molecule has 2 aromatic heterocycles. The number of ether oxygens (including phenoxy) is 2. The van der Waals surface area contributed by atoms with E-state index >= 15 is 0 Å². The highest BCUT2D eigenvalue weighted by Gasteiger charge is 2.29. The number of hydrogen-bond donors (Lipinski definition) is 1. The van der Waals surface area contributed by atoms with Gasteiger partial charge in [0.1, 0.15) is 13.2 Å². The van der Waals surface area contributed by atoms with Gasteiger partial charge in [-0.3, -0.25) is 4.79 Å². The average molecular weight is 443 g/mol. The fourth-order valence-corrected chi connectivity index (χ4v) is 3.75. The van der Waals surface area contributed by atoms with E-state index in [9.17, 15) is 4.79 Å². The summed E-state index contributed by atoms with van der Waals surface area (Å²) >= 11 is 0. The summed E-state index contributed by atoms with van der Waals surface area (Å²) in [7, 11) is 0. The highest BCUT2D eigenvalue weighted by atomic mass is 16.6. The van der Waals surface area contributed by atoms with Crippen LogP contribution in [-0.4, -0.2) is 39.0 Å². The first-order valence-corrected chi connectivity index (χ1v) is 10.9. The molecule has 3 heterocycles. The molecular weight excluding hydrogens is 422 g/mol. The molecule has 1 fully saturated rings. The number of rotatable bonds is 5. The monoisotopic (exact) mass is 443 g/mol. The molecule has 1 amide bonds. The summed E-state index contributed by atoms with van der Waals surface area (Å²) in [5.74, 6) is 2.77. The van der Waals surface area contributed by atoms with E-state index in [2.05, 4.69) is 20.6 Å². The maximum Gasteiger partial charge on any atom is 0.259 e. The number of anilines is 1. The van der Waals surface area contributed by atoms with Crippen LogP contribution in [0.25, 0.3) is 17.1 Å². The van der Waals surface area contributed by atoms with Crippen molar-refractivity contribution >= 4 is 11.6 Å². The van der Waals surface area contributed by atoms with E-state index in [1.165, 1.54) is 0 Å². The second-order valence-electron chi connectivity index (χ2n) is 8.16. The average Bonchev–Trinajstić information content (AvgIpc) is 3.43. The molecule has 0 radical (unpaired) electrons. The van der Waals surface area contributed by atoms with Gasteiger partial charge in [0.05, 0.1) is 16.9 Å². The Morgan fingerprint density at radius 1 is 1.06 bits per heavy atom. The van der Waals surface area contributed by atoms with E-state index in [1.54, 1.807) is 29.1 Å². The van der Waals surface area contributed by atoms with E-state index in [0.717, 1.165) is 24.1 Å². The first-order chi connectivity index (χ1) is 16.1. The Hall–Kier alpha value is -4.14. The molecule has 0 saturated heterocycles. The fraction of sp³-hybridized carbons (Fsp3) is 0.250. The van der Waals surface area contributed by atoms with Crippen LogP contribution in [0.4, 0.5) is 5.69 Å². The zero-order chi connectivity index (χ0) is 22.4. The molecule has 166 valence electrons. The van der Waals surface area contributed by atoms with Gasteiger partial charge in [0.2, 0.25) is 11.7 Å². The van der Waals surface area contributed by atoms with Gasteiger partial charge in [0.25, 0.3) is 5.91 Å². The first kappa shape index (κ1) is 19.5. The zero-order valence-corrected chi connectivity index (χ0v) is 17.9. The van der Waals surface area contributed by atoms with Crippen molar-refractivity contribution in [1.82, 2.24) is 19.9 Å². The molecule has 2 aliphatic rings. The summed E-state index contributed by atoms with van der Waals surface area (Å²) in [5.41, 5.74) is 3.44. The zero-order valence-electron chi connectivity index (χ0n) is 17.9. The molecule has 33 heavy (non-hydrogen) atoms. The Kier molecular flexibility index (Phi) is 4.60. The Labute approximate surface area is 189 Å². The van der Waals surface area contributed by atoms with Crippen molar-refractivity contribution < 1.29 is 18.8 Å². The number of nitrogens with zero attached hydrogens (tertiary/aromatic N) is 4. The third-order valence-corrected chi connectivity index (χ3v) is 5.70. The van der Waals surface area contributed by atoms with Crippen LogP contribution in [0, 0.1) is 6.92 Å². The molecule has 2 aromatic carbocycles.